The number of aryl methyl sites for hydroxylation is 2. The summed E-state index contributed by atoms with van der Waals surface area (Å²) in [5.74, 6) is -0.366. The number of carbonyl (C=O) groups excluding carboxylic acids is 2. The van der Waals surface area contributed by atoms with E-state index in [0.29, 0.717) is 17.4 Å². The van der Waals surface area contributed by atoms with Crippen molar-refractivity contribution in [1.82, 2.24) is 5.32 Å². The number of nitrogens with one attached hydrogen (secondary N) is 1. The zero-order valence-corrected chi connectivity index (χ0v) is 16.5. The Morgan fingerprint density at radius 2 is 1.89 bits per heavy atom. The van der Waals surface area contributed by atoms with Crippen LogP contribution in [0.5, 0.6) is 5.75 Å². The van der Waals surface area contributed by atoms with Crippen LogP contribution >= 0.6 is 0 Å². The van der Waals surface area contributed by atoms with E-state index in [1.54, 1.807) is 39.8 Å². The van der Waals surface area contributed by atoms with E-state index in [1.807, 2.05) is 6.92 Å². The van der Waals surface area contributed by atoms with Crippen LogP contribution in [0, 0.1) is 6.92 Å². The fraction of sp³-hybridized carbons (Fsp3) is 0.450. The van der Waals surface area contributed by atoms with Gasteiger partial charge in [-0.25, -0.2) is 14.4 Å². The lowest BCUT2D eigenvalue weighted by Gasteiger charge is -2.21. The van der Waals surface area contributed by atoms with Crippen LogP contribution in [-0.4, -0.2) is 23.7 Å². The lowest BCUT2D eigenvalue weighted by Crippen LogP contribution is -2.43. The van der Waals surface area contributed by atoms with Crippen molar-refractivity contribution in [2.24, 2.45) is 0 Å². The number of esters is 1. The van der Waals surface area contributed by atoms with Crippen molar-refractivity contribution in [3.8, 4) is 5.75 Å². The standard InChI is InChI=1S/C20H25NO6/c1-7-13-10-16(22)25-14-8-11(2)9-15(17(13)14)26-18(23)12(3)21-19(24)27-20(4,5)6/h8-10,12H,7H2,1-6H3,(H,21,24)/t12-/m1/s1. The molecule has 7 heteroatoms. The Balaban J connectivity index is 2.28. The minimum absolute atomic E-state index is 0.286. The first kappa shape index (κ1) is 20.5. The van der Waals surface area contributed by atoms with Crippen LogP contribution in [0.4, 0.5) is 4.79 Å². The van der Waals surface area contributed by atoms with Gasteiger partial charge in [0.25, 0.3) is 0 Å². The van der Waals surface area contributed by atoms with Crippen LogP contribution < -0.4 is 15.7 Å². The molecule has 1 heterocycles. The maximum absolute atomic E-state index is 12.5. The second-order valence-electron chi connectivity index (χ2n) is 7.37. The summed E-state index contributed by atoms with van der Waals surface area (Å²) >= 11 is 0. The second kappa shape index (κ2) is 7.82. The molecule has 0 aliphatic rings. The molecule has 0 aliphatic carbocycles. The van der Waals surface area contributed by atoms with Crippen LogP contribution in [0.25, 0.3) is 11.0 Å². The molecule has 0 radical (unpaired) electrons. The van der Waals surface area contributed by atoms with Crippen molar-refractivity contribution in [1.29, 1.82) is 0 Å². The molecule has 0 unspecified atom stereocenters. The smallest absolute Gasteiger partial charge is 0.408 e. The summed E-state index contributed by atoms with van der Waals surface area (Å²) in [4.78, 5) is 36.0. The predicted octanol–water partition coefficient (Wildman–Crippen LogP) is 3.48. The van der Waals surface area contributed by atoms with Gasteiger partial charge in [-0.2, -0.15) is 0 Å². The van der Waals surface area contributed by atoms with Crippen LogP contribution in [0.1, 0.15) is 45.7 Å². The Morgan fingerprint density at radius 1 is 1.22 bits per heavy atom. The molecular formula is C20H25NO6. The molecule has 1 amide bonds. The number of hydrogen-bond donors (Lipinski definition) is 1. The van der Waals surface area contributed by atoms with E-state index in [-0.39, 0.29) is 5.75 Å². The molecule has 7 nitrogen and oxygen atoms in total. The van der Waals surface area contributed by atoms with Crippen molar-refractivity contribution >= 4 is 23.0 Å². The van der Waals surface area contributed by atoms with Crippen LogP contribution in [0.3, 0.4) is 0 Å². The number of benzene rings is 1. The minimum Gasteiger partial charge on any atom is -0.444 e. The number of amides is 1. The minimum atomic E-state index is -0.920. The number of ether oxygens (including phenoxy) is 2. The summed E-state index contributed by atoms with van der Waals surface area (Å²) in [6.45, 7) is 10.4. The Labute approximate surface area is 157 Å². The third-order valence-electron chi connectivity index (χ3n) is 3.71. The Kier molecular flexibility index (Phi) is 5.93. The van der Waals surface area contributed by atoms with Gasteiger partial charge in [-0.3, -0.25) is 0 Å². The highest BCUT2D eigenvalue weighted by Crippen LogP contribution is 2.30. The van der Waals surface area contributed by atoms with Crippen molar-refractivity contribution in [2.75, 3.05) is 0 Å². The Hall–Kier alpha value is -2.83. The van der Waals surface area contributed by atoms with Crippen molar-refractivity contribution < 1.29 is 23.5 Å². The van der Waals surface area contributed by atoms with E-state index in [1.165, 1.54) is 13.0 Å². The van der Waals surface area contributed by atoms with Gasteiger partial charge >= 0.3 is 17.7 Å². The molecule has 0 aliphatic heterocycles. The zero-order valence-electron chi connectivity index (χ0n) is 16.5. The van der Waals surface area contributed by atoms with Gasteiger partial charge in [-0.1, -0.05) is 6.92 Å². The summed E-state index contributed by atoms with van der Waals surface area (Å²) in [6.07, 6.45) is -0.136. The molecule has 0 spiro atoms. The predicted molar refractivity (Wildman–Crippen MR) is 101 cm³/mol. The van der Waals surface area contributed by atoms with Crippen molar-refractivity contribution in [3.05, 3.63) is 39.7 Å². The van der Waals surface area contributed by atoms with E-state index >= 15 is 0 Å². The normalized spacial score (nSPS) is 12.5. The number of hydrogen-bond acceptors (Lipinski definition) is 6. The molecule has 2 rings (SSSR count). The molecule has 27 heavy (non-hydrogen) atoms. The third-order valence-corrected chi connectivity index (χ3v) is 3.71. The van der Waals surface area contributed by atoms with Gasteiger partial charge < -0.3 is 19.2 Å². The second-order valence-corrected chi connectivity index (χ2v) is 7.37. The van der Waals surface area contributed by atoms with E-state index in [9.17, 15) is 14.4 Å². The quantitative estimate of drug-likeness (QED) is 0.499. The fourth-order valence-corrected chi connectivity index (χ4v) is 2.57. The summed E-state index contributed by atoms with van der Waals surface area (Å²) in [5.41, 5.74) is 0.719. The molecule has 146 valence electrons. The van der Waals surface area contributed by atoms with Gasteiger partial charge in [0.15, 0.2) is 0 Å². The van der Waals surface area contributed by atoms with Gasteiger partial charge in [0.1, 0.15) is 23.0 Å². The Bertz CT molecular complexity index is 922. The van der Waals surface area contributed by atoms with Crippen LogP contribution in [-0.2, 0) is 16.0 Å². The van der Waals surface area contributed by atoms with E-state index < -0.39 is 29.3 Å². The molecule has 1 atom stereocenters. The van der Waals surface area contributed by atoms with Crippen LogP contribution in [0.2, 0.25) is 0 Å². The SMILES string of the molecule is CCc1cc(=O)oc2cc(C)cc(OC(=O)[C@@H](C)NC(=O)OC(C)(C)C)c12. The third kappa shape index (κ3) is 5.32. The number of carbonyl (C=O) groups is 2. The van der Waals surface area contributed by atoms with Gasteiger partial charge in [-0.15, -0.1) is 0 Å². The van der Waals surface area contributed by atoms with Gasteiger partial charge in [0.05, 0.1) is 5.39 Å². The number of alkyl carbamates (subject to hydrolysis) is 1. The van der Waals surface area contributed by atoms with Gasteiger partial charge in [0.2, 0.25) is 0 Å². The van der Waals surface area contributed by atoms with Crippen molar-refractivity contribution in [2.45, 2.75) is 59.6 Å². The highest BCUT2D eigenvalue weighted by Gasteiger charge is 2.23. The summed E-state index contributed by atoms with van der Waals surface area (Å²) < 4.78 is 15.9. The van der Waals surface area contributed by atoms with E-state index in [2.05, 4.69) is 5.32 Å². The molecular weight excluding hydrogens is 350 g/mol. The van der Waals surface area contributed by atoms with Gasteiger partial charge in [-0.05, 0) is 64.3 Å². The highest BCUT2D eigenvalue weighted by molar-refractivity contribution is 5.91. The molecule has 1 aromatic carbocycles. The Morgan fingerprint density at radius 3 is 2.48 bits per heavy atom. The molecule has 1 N–H and O–H groups in total. The molecule has 2 aromatic rings. The van der Waals surface area contributed by atoms with E-state index in [4.69, 9.17) is 13.9 Å². The monoisotopic (exact) mass is 375 g/mol. The van der Waals surface area contributed by atoms with Crippen LogP contribution in [0.15, 0.2) is 27.4 Å². The molecule has 0 bridgehead atoms. The summed E-state index contributed by atoms with van der Waals surface area (Å²) in [7, 11) is 0. The first-order valence-electron chi connectivity index (χ1n) is 8.78. The summed E-state index contributed by atoms with van der Waals surface area (Å²) in [6, 6.07) is 3.88. The zero-order chi connectivity index (χ0) is 20.4. The average molecular weight is 375 g/mol. The fourth-order valence-electron chi connectivity index (χ4n) is 2.57. The van der Waals surface area contributed by atoms with Crippen molar-refractivity contribution in [3.63, 3.8) is 0 Å². The lowest BCUT2D eigenvalue weighted by atomic mass is 10.0. The molecule has 0 fully saturated rings. The molecule has 1 aromatic heterocycles. The lowest BCUT2D eigenvalue weighted by molar-refractivity contribution is -0.136. The topological polar surface area (TPSA) is 94.8 Å². The first-order valence-corrected chi connectivity index (χ1v) is 8.78. The van der Waals surface area contributed by atoms with E-state index in [0.717, 1.165) is 11.1 Å². The summed E-state index contributed by atoms with van der Waals surface area (Å²) in [5, 5.41) is 3.02. The maximum Gasteiger partial charge on any atom is 0.408 e. The first-order chi connectivity index (χ1) is 12.5. The average Bonchev–Trinajstić information content (AvgIpc) is 2.51. The number of fused-ring (bicyclic) bond motifs is 1. The molecule has 0 saturated carbocycles. The molecule has 0 saturated heterocycles. The largest absolute Gasteiger partial charge is 0.444 e. The number of rotatable bonds is 4. The highest BCUT2D eigenvalue weighted by atomic mass is 16.6. The maximum atomic E-state index is 12.5. The van der Waals surface area contributed by atoms with Gasteiger partial charge in [0, 0.05) is 6.07 Å².